The van der Waals surface area contributed by atoms with Crippen LogP contribution in [0.5, 0.6) is 0 Å². The van der Waals surface area contributed by atoms with Crippen LogP contribution in [0.2, 0.25) is 0 Å². The lowest BCUT2D eigenvalue weighted by molar-refractivity contribution is 0.251. The number of pyridine rings is 1. The molecule has 26 heavy (non-hydrogen) atoms. The average Bonchev–Trinajstić information content (AvgIpc) is 3.16. The van der Waals surface area contributed by atoms with E-state index in [9.17, 15) is 4.79 Å². The molecule has 2 aromatic heterocycles. The molecule has 1 aromatic carbocycles. The number of nitrogens with one attached hydrogen (secondary N) is 2. The van der Waals surface area contributed by atoms with E-state index in [1.807, 2.05) is 35.6 Å². The fraction of sp³-hybridized carbons (Fsp3) is 0.200. The van der Waals surface area contributed by atoms with E-state index in [1.165, 1.54) is 16.1 Å². The van der Waals surface area contributed by atoms with Crippen LogP contribution >= 0.6 is 11.3 Å². The van der Waals surface area contributed by atoms with Crippen molar-refractivity contribution >= 4 is 28.7 Å². The van der Waals surface area contributed by atoms with Gasteiger partial charge in [-0.15, -0.1) is 11.3 Å². The molecule has 6 heteroatoms. The Bertz CT molecular complexity index is 876. The molecule has 4 rings (SSSR count). The molecule has 0 saturated carbocycles. The fourth-order valence-corrected chi connectivity index (χ4v) is 3.97. The molecule has 1 aliphatic rings. The summed E-state index contributed by atoms with van der Waals surface area (Å²) in [5, 5.41) is 7.87. The van der Waals surface area contributed by atoms with E-state index in [1.54, 1.807) is 12.4 Å². The molecule has 0 spiro atoms. The number of carbonyl (C=O) groups is 1. The second-order valence-electron chi connectivity index (χ2n) is 6.26. The number of aromatic nitrogens is 1. The van der Waals surface area contributed by atoms with Crippen molar-refractivity contribution in [2.24, 2.45) is 0 Å². The summed E-state index contributed by atoms with van der Waals surface area (Å²) < 4.78 is 0. The maximum Gasteiger partial charge on any atom is 0.319 e. The molecule has 0 bridgehead atoms. The highest BCUT2D eigenvalue weighted by Crippen LogP contribution is 2.28. The zero-order valence-corrected chi connectivity index (χ0v) is 15.1. The molecule has 0 fully saturated rings. The predicted octanol–water partition coefficient (Wildman–Crippen LogP) is 4.03. The van der Waals surface area contributed by atoms with Crippen molar-refractivity contribution in [2.75, 3.05) is 16.8 Å². The zero-order valence-electron chi connectivity index (χ0n) is 14.3. The second kappa shape index (κ2) is 7.58. The number of hydrogen-bond acceptors (Lipinski definition) is 4. The maximum absolute atomic E-state index is 12.0. The third kappa shape index (κ3) is 3.86. The smallest absolute Gasteiger partial charge is 0.319 e. The minimum absolute atomic E-state index is 0.220. The molecule has 0 radical (unpaired) electrons. The normalized spacial score (nSPS) is 13.2. The Kier molecular flexibility index (Phi) is 4.84. The largest absolute Gasteiger partial charge is 0.367 e. The monoisotopic (exact) mass is 364 g/mol. The number of fused-ring (bicyclic) bond motifs is 1. The molecule has 1 aliphatic heterocycles. The van der Waals surface area contributed by atoms with Crippen LogP contribution in [-0.4, -0.2) is 17.6 Å². The van der Waals surface area contributed by atoms with Crippen molar-refractivity contribution in [1.29, 1.82) is 0 Å². The van der Waals surface area contributed by atoms with Crippen molar-refractivity contribution in [2.45, 2.75) is 19.5 Å². The summed E-state index contributed by atoms with van der Waals surface area (Å²) in [6.45, 7) is 2.44. The summed E-state index contributed by atoms with van der Waals surface area (Å²) in [5.74, 6) is 0. The number of hydrogen-bond donors (Lipinski definition) is 2. The lowest BCUT2D eigenvalue weighted by Gasteiger charge is -2.29. The molecule has 3 heterocycles. The Balaban J connectivity index is 1.32. The fourth-order valence-electron chi connectivity index (χ4n) is 3.08. The Morgan fingerprint density at radius 2 is 2.08 bits per heavy atom. The van der Waals surface area contributed by atoms with Crippen molar-refractivity contribution in [3.63, 3.8) is 0 Å². The van der Waals surface area contributed by atoms with Gasteiger partial charge in [-0.25, -0.2) is 4.79 Å². The molecule has 3 aromatic rings. The number of urea groups is 1. The van der Waals surface area contributed by atoms with E-state index in [-0.39, 0.29) is 6.03 Å². The van der Waals surface area contributed by atoms with Crippen LogP contribution in [0.3, 0.4) is 0 Å². The first kappa shape index (κ1) is 16.6. The third-order valence-electron chi connectivity index (χ3n) is 4.47. The van der Waals surface area contributed by atoms with Crippen LogP contribution in [0.4, 0.5) is 16.2 Å². The van der Waals surface area contributed by atoms with Gasteiger partial charge < -0.3 is 15.5 Å². The van der Waals surface area contributed by atoms with E-state index in [2.05, 4.69) is 44.1 Å². The van der Waals surface area contributed by atoms with Gasteiger partial charge in [-0.1, -0.05) is 6.07 Å². The molecule has 0 saturated heterocycles. The highest BCUT2D eigenvalue weighted by Gasteiger charge is 2.17. The van der Waals surface area contributed by atoms with Gasteiger partial charge in [0.1, 0.15) is 0 Å². The van der Waals surface area contributed by atoms with Crippen LogP contribution in [0.25, 0.3) is 0 Å². The minimum atomic E-state index is -0.220. The minimum Gasteiger partial charge on any atom is -0.367 e. The first-order valence-electron chi connectivity index (χ1n) is 8.62. The summed E-state index contributed by atoms with van der Waals surface area (Å²) >= 11 is 1.85. The lowest BCUT2D eigenvalue weighted by atomic mass is 10.1. The maximum atomic E-state index is 12.0. The predicted molar refractivity (Wildman–Crippen MR) is 106 cm³/mol. The standard InChI is InChI=1S/C20H20N4OS/c25-20(22-13-15-2-1-9-21-12-15)23-17-3-5-18(6-4-17)24-10-7-19-16(14-24)8-11-26-19/h1-6,8-9,11-12H,7,10,13-14H2,(H2,22,23,25). The second-order valence-corrected chi connectivity index (χ2v) is 7.26. The highest BCUT2D eigenvalue weighted by molar-refractivity contribution is 7.10. The number of benzene rings is 1. The zero-order chi connectivity index (χ0) is 17.8. The molecule has 0 unspecified atom stereocenters. The molecule has 132 valence electrons. The number of amides is 2. The molecule has 5 nitrogen and oxygen atoms in total. The molecule has 0 atom stereocenters. The number of anilines is 2. The van der Waals surface area contributed by atoms with Gasteiger partial charge in [0.15, 0.2) is 0 Å². The Hall–Kier alpha value is -2.86. The lowest BCUT2D eigenvalue weighted by Crippen LogP contribution is -2.29. The van der Waals surface area contributed by atoms with E-state index >= 15 is 0 Å². The van der Waals surface area contributed by atoms with E-state index in [4.69, 9.17) is 0 Å². The van der Waals surface area contributed by atoms with Crippen LogP contribution < -0.4 is 15.5 Å². The van der Waals surface area contributed by atoms with Crippen LogP contribution in [-0.2, 0) is 19.5 Å². The van der Waals surface area contributed by atoms with Crippen LogP contribution in [0.15, 0.2) is 60.2 Å². The van der Waals surface area contributed by atoms with Gasteiger partial charge in [0.25, 0.3) is 0 Å². The van der Waals surface area contributed by atoms with Crippen LogP contribution in [0.1, 0.15) is 16.0 Å². The first-order valence-corrected chi connectivity index (χ1v) is 9.50. The van der Waals surface area contributed by atoms with Gasteiger partial charge >= 0.3 is 6.03 Å². The molecule has 2 amide bonds. The summed E-state index contributed by atoms with van der Waals surface area (Å²) in [5.41, 5.74) is 4.36. The summed E-state index contributed by atoms with van der Waals surface area (Å²) in [4.78, 5) is 19.9. The highest BCUT2D eigenvalue weighted by atomic mass is 32.1. The van der Waals surface area contributed by atoms with Gasteiger partial charge in [0.05, 0.1) is 0 Å². The molecular formula is C20H20N4OS. The third-order valence-corrected chi connectivity index (χ3v) is 5.50. The van der Waals surface area contributed by atoms with Gasteiger partial charge in [-0.3, -0.25) is 4.98 Å². The summed E-state index contributed by atoms with van der Waals surface area (Å²) in [6.07, 6.45) is 4.56. The summed E-state index contributed by atoms with van der Waals surface area (Å²) in [6, 6.07) is 13.8. The SMILES string of the molecule is O=C(NCc1cccnc1)Nc1ccc(N2CCc3sccc3C2)cc1. The number of carbonyl (C=O) groups excluding carboxylic acids is 1. The van der Waals surface area contributed by atoms with Crippen LogP contribution in [0, 0.1) is 0 Å². The van der Waals surface area contributed by atoms with Gasteiger partial charge in [-0.05, 0) is 59.3 Å². The Morgan fingerprint density at radius 3 is 2.88 bits per heavy atom. The Morgan fingerprint density at radius 1 is 1.19 bits per heavy atom. The number of rotatable bonds is 4. The van der Waals surface area contributed by atoms with E-state index in [0.717, 1.165) is 30.8 Å². The average molecular weight is 364 g/mol. The topological polar surface area (TPSA) is 57.3 Å². The van der Waals surface area contributed by atoms with Gasteiger partial charge in [0, 0.05) is 48.3 Å². The molecule has 2 N–H and O–H groups in total. The first-order chi connectivity index (χ1) is 12.8. The van der Waals surface area contributed by atoms with Gasteiger partial charge in [0.2, 0.25) is 0 Å². The molecular weight excluding hydrogens is 344 g/mol. The van der Waals surface area contributed by atoms with Crippen molar-refractivity contribution in [3.8, 4) is 0 Å². The quantitative estimate of drug-likeness (QED) is 0.735. The Labute approximate surface area is 156 Å². The van der Waals surface area contributed by atoms with Crippen molar-refractivity contribution < 1.29 is 4.79 Å². The van der Waals surface area contributed by atoms with Crippen molar-refractivity contribution in [3.05, 3.63) is 76.2 Å². The summed E-state index contributed by atoms with van der Waals surface area (Å²) in [7, 11) is 0. The number of nitrogens with zero attached hydrogens (tertiary/aromatic N) is 2. The van der Waals surface area contributed by atoms with E-state index < -0.39 is 0 Å². The van der Waals surface area contributed by atoms with Gasteiger partial charge in [-0.2, -0.15) is 0 Å². The van der Waals surface area contributed by atoms with Crippen molar-refractivity contribution in [1.82, 2.24) is 10.3 Å². The van der Waals surface area contributed by atoms with E-state index in [0.29, 0.717) is 6.54 Å². The number of thiophene rings is 1. The molecule has 0 aliphatic carbocycles.